The molecule has 0 atom stereocenters. The summed E-state index contributed by atoms with van der Waals surface area (Å²) in [7, 11) is 1.53. The normalized spacial score (nSPS) is 11.1. The second-order valence-corrected chi connectivity index (χ2v) is 6.74. The largest absolute Gasteiger partial charge is 0.495 e. The molecule has 2 aromatic carbocycles. The third kappa shape index (κ3) is 5.02. The van der Waals surface area contributed by atoms with E-state index >= 15 is 0 Å². The molecule has 2 rings (SSSR count). The number of methoxy groups -OCH3 is 1. The van der Waals surface area contributed by atoms with Crippen LogP contribution in [0.2, 0.25) is 5.02 Å². The maximum Gasteiger partial charge on any atom is 0.267 e. The molecule has 1 amide bonds. The number of ether oxygens (including phenoxy) is 1. The van der Waals surface area contributed by atoms with Gasteiger partial charge in [0, 0.05) is 16.9 Å². The highest BCUT2D eigenvalue weighted by Crippen LogP contribution is 2.29. The summed E-state index contributed by atoms with van der Waals surface area (Å²) in [5.74, 6) is 0.306. The Morgan fingerprint density at radius 3 is 2.67 bits per heavy atom. The summed E-state index contributed by atoms with van der Waals surface area (Å²) >= 11 is 6.00. The van der Waals surface area contributed by atoms with Crippen LogP contribution in [0.15, 0.2) is 48.2 Å². The summed E-state index contributed by atoms with van der Waals surface area (Å²) < 4.78 is 5.25. The minimum absolute atomic E-state index is 0.0602. The maximum absolute atomic E-state index is 12.6. The van der Waals surface area contributed by atoms with Crippen molar-refractivity contribution in [2.24, 2.45) is 0 Å². The Bertz CT molecular complexity index is 914. The van der Waals surface area contributed by atoms with Crippen molar-refractivity contribution in [2.75, 3.05) is 17.7 Å². The molecular weight excluding hydrogens is 362 g/mol. The lowest BCUT2D eigenvalue weighted by Gasteiger charge is -2.16. The Balaban J connectivity index is 2.26. The minimum Gasteiger partial charge on any atom is -0.495 e. The average molecular weight is 384 g/mol. The van der Waals surface area contributed by atoms with E-state index in [1.165, 1.54) is 13.3 Å². The number of anilines is 2. The molecule has 0 aliphatic carbocycles. The predicted octanol–water partition coefficient (Wildman–Crippen LogP) is 5.24. The van der Waals surface area contributed by atoms with E-state index in [9.17, 15) is 10.1 Å². The van der Waals surface area contributed by atoms with Crippen molar-refractivity contribution in [1.82, 2.24) is 0 Å². The lowest BCUT2D eigenvalue weighted by Crippen LogP contribution is -2.17. The molecule has 0 aromatic heterocycles. The van der Waals surface area contributed by atoms with Crippen LogP contribution in [0.1, 0.15) is 30.9 Å². The molecule has 0 aliphatic heterocycles. The summed E-state index contributed by atoms with van der Waals surface area (Å²) in [6, 6.07) is 12.8. The summed E-state index contributed by atoms with van der Waals surface area (Å²) in [5, 5.41) is 15.7. The van der Waals surface area contributed by atoms with Gasteiger partial charge < -0.3 is 15.4 Å². The fourth-order valence-electron chi connectivity index (χ4n) is 2.61. The highest BCUT2D eigenvalue weighted by molar-refractivity contribution is 6.31. The van der Waals surface area contributed by atoms with Crippen LogP contribution in [0, 0.1) is 18.3 Å². The summed E-state index contributed by atoms with van der Waals surface area (Å²) in [6.07, 6.45) is 1.34. The predicted molar refractivity (Wildman–Crippen MR) is 109 cm³/mol. The Morgan fingerprint density at radius 1 is 1.30 bits per heavy atom. The molecule has 0 saturated carbocycles. The van der Waals surface area contributed by atoms with Gasteiger partial charge in [0.2, 0.25) is 0 Å². The number of hydrogen-bond acceptors (Lipinski definition) is 4. The van der Waals surface area contributed by atoms with Gasteiger partial charge in [-0.25, -0.2) is 0 Å². The van der Waals surface area contributed by atoms with Crippen molar-refractivity contribution in [2.45, 2.75) is 26.7 Å². The standard InChI is InChI=1S/C21H22ClN3O2/c1-13(2)17-7-5-6-14(3)20(17)25-21(26)15(11-23)12-24-18-10-16(22)8-9-19(18)27-4/h5-10,12-13,24H,1-4H3,(H,25,26)/b15-12-. The summed E-state index contributed by atoms with van der Waals surface area (Å²) in [6.45, 7) is 6.03. The highest BCUT2D eigenvalue weighted by Gasteiger charge is 2.15. The number of hydrogen-bond donors (Lipinski definition) is 2. The fourth-order valence-corrected chi connectivity index (χ4v) is 2.79. The fraction of sp³-hybridized carbons (Fsp3) is 0.238. The number of amides is 1. The van der Waals surface area contributed by atoms with Crippen molar-refractivity contribution in [3.05, 3.63) is 64.3 Å². The monoisotopic (exact) mass is 383 g/mol. The number of rotatable bonds is 6. The van der Waals surface area contributed by atoms with E-state index in [0.29, 0.717) is 16.5 Å². The second-order valence-electron chi connectivity index (χ2n) is 6.31. The van der Waals surface area contributed by atoms with E-state index in [-0.39, 0.29) is 11.5 Å². The van der Waals surface area contributed by atoms with Crippen LogP contribution >= 0.6 is 11.6 Å². The van der Waals surface area contributed by atoms with Gasteiger partial charge in [0.25, 0.3) is 5.91 Å². The molecule has 0 aliphatic rings. The average Bonchev–Trinajstić information content (AvgIpc) is 2.63. The van der Waals surface area contributed by atoms with Gasteiger partial charge in [-0.1, -0.05) is 43.6 Å². The van der Waals surface area contributed by atoms with Gasteiger partial charge in [-0.2, -0.15) is 5.26 Å². The zero-order chi connectivity index (χ0) is 20.0. The van der Waals surface area contributed by atoms with Crippen LogP contribution in [-0.4, -0.2) is 13.0 Å². The third-order valence-corrected chi connectivity index (χ3v) is 4.30. The van der Waals surface area contributed by atoms with Crippen molar-refractivity contribution >= 4 is 28.9 Å². The topological polar surface area (TPSA) is 74.1 Å². The van der Waals surface area contributed by atoms with Gasteiger partial charge in [0.1, 0.15) is 17.4 Å². The Labute approximate surface area is 164 Å². The number of carbonyl (C=O) groups excluding carboxylic acids is 1. The van der Waals surface area contributed by atoms with Gasteiger partial charge in [0.05, 0.1) is 12.8 Å². The lowest BCUT2D eigenvalue weighted by atomic mass is 9.98. The zero-order valence-electron chi connectivity index (χ0n) is 15.8. The van der Waals surface area contributed by atoms with E-state index in [1.807, 2.05) is 31.2 Å². The molecule has 6 heteroatoms. The summed E-state index contributed by atoms with van der Waals surface area (Å²) in [4.78, 5) is 12.6. The number of halogens is 1. The van der Waals surface area contributed by atoms with E-state index in [0.717, 1.165) is 16.8 Å². The van der Waals surface area contributed by atoms with Gasteiger partial charge in [-0.3, -0.25) is 4.79 Å². The van der Waals surface area contributed by atoms with Gasteiger partial charge in [-0.15, -0.1) is 0 Å². The minimum atomic E-state index is -0.484. The van der Waals surface area contributed by atoms with Crippen LogP contribution in [0.3, 0.4) is 0 Å². The first-order valence-electron chi connectivity index (χ1n) is 8.48. The number of carbonyl (C=O) groups is 1. The molecular formula is C21H22ClN3O2. The highest BCUT2D eigenvalue weighted by atomic mass is 35.5. The van der Waals surface area contributed by atoms with Gasteiger partial charge in [-0.05, 0) is 42.2 Å². The summed E-state index contributed by atoms with van der Waals surface area (Å²) in [5.41, 5.74) is 3.19. The molecule has 0 spiro atoms. The molecule has 140 valence electrons. The lowest BCUT2D eigenvalue weighted by molar-refractivity contribution is -0.112. The van der Waals surface area contributed by atoms with Gasteiger partial charge >= 0.3 is 0 Å². The van der Waals surface area contributed by atoms with Crippen LogP contribution < -0.4 is 15.4 Å². The molecule has 0 fully saturated rings. The molecule has 0 heterocycles. The molecule has 0 unspecified atom stereocenters. The molecule has 27 heavy (non-hydrogen) atoms. The second kappa shape index (κ2) is 9.11. The Kier molecular flexibility index (Phi) is 6.86. The Morgan fingerprint density at radius 2 is 2.04 bits per heavy atom. The number of nitrogens with one attached hydrogen (secondary N) is 2. The van der Waals surface area contributed by atoms with Crippen molar-refractivity contribution < 1.29 is 9.53 Å². The molecule has 2 aromatic rings. The first-order valence-corrected chi connectivity index (χ1v) is 8.86. The van der Waals surface area contributed by atoms with Crippen LogP contribution in [-0.2, 0) is 4.79 Å². The van der Waals surface area contributed by atoms with Crippen LogP contribution in [0.25, 0.3) is 0 Å². The van der Waals surface area contributed by atoms with Gasteiger partial charge in [0.15, 0.2) is 0 Å². The maximum atomic E-state index is 12.6. The number of nitrogens with zero attached hydrogens (tertiary/aromatic N) is 1. The van der Waals surface area contributed by atoms with E-state index in [1.54, 1.807) is 18.2 Å². The SMILES string of the molecule is COc1ccc(Cl)cc1N/C=C(/C#N)C(=O)Nc1c(C)cccc1C(C)C. The molecule has 0 saturated heterocycles. The number of benzene rings is 2. The van der Waals surface area contributed by atoms with E-state index in [4.69, 9.17) is 16.3 Å². The first-order chi connectivity index (χ1) is 12.9. The molecule has 0 radical (unpaired) electrons. The molecule has 5 nitrogen and oxygen atoms in total. The third-order valence-electron chi connectivity index (χ3n) is 4.06. The van der Waals surface area contributed by atoms with Crippen LogP contribution in [0.4, 0.5) is 11.4 Å². The molecule has 0 bridgehead atoms. The number of nitriles is 1. The van der Waals surface area contributed by atoms with Crippen LogP contribution in [0.5, 0.6) is 5.75 Å². The van der Waals surface area contributed by atoms with Crippen molar-refractivity contribution in [3.8, 4) is 11.8 Å². The number of para-hydroxylation sites is 1. The van der Waals surface area contributed by atoms with E-state index in [2.05, 4.69) is 24.5 Å². The first kappa shape index (κ1) is 20.3. The number of aryl methyl sites for hydroxylation is 1. The smallest absolute Gasteiger partial charge is 0.267 e. The van der Waals surface area contributed by atoms with E-state index < -0.39 is 5.91 Å². The van der Waals surface area contributed by atoms with Crippen molar-refractivity contribution in [1.29, 1.82) is 5.26 Å². The molecule has 2 N–H and O–H groups in total. The van der Waals surface area contributed by atoms with Crippen molar-refractivity contribution in [3.63, 3.8) is 0 Å². The quantitative estimate of drug-likeness (QED) is 0.528. The Hall–Kier alpha value is -2.97. The zero-order valence-corrected chi connectivity index (χ0v) is 16.5.